The first-order valence-corrected chi connectivity index (χ1v) is 8.61. The average Bonchev–Trinajstić information content (AvgIpc) is 3.07. The predicted molar refractivity (Wildman–Crippen MR) is 82.8 cm³/mol. The van der Waals surface area contributed by atoms with E-state index in [1.165, 1.54) is 0 Å². The summed E-state index contributed by atoms with van der Waals surface area (Å²) in [6.45, 7) is -0.508. The van der Waals surface area contributed by atoms with E-state index in [2.05, 4.69) is 19.9 Å². The van der Waals surface area contributed by atoms with Crippen molar-refractivity contribution in [2.24, 2.45) is 11.7 Å². The van der Waals surface area contributed by atoms with E-state index in [1.807, 2.05) is 0 Å². The molecule has 0 amide bonds. The lowest BCUT2D eigenvalue weighted by atomic mass is 9.78. The predicted octanol–water partition coefficient (Wildman–Crippen LogP) is -2.57. The highest BCUT2D eigenvalue weighted by molar-refractivity contribution is 7.90. The Labute approximate surface area is 138 Å². The third-order valence-corrected chi connectivity index (χ3v) is 5.39. The van der Waals surface area contributed by atoms with E-state index in [4.69, 9.17) is 15.8 Å². The Balaban J connectivity index is 2.11. The van der Waals surface area contributed by atoms with Gasteiger partial charge in [0, 0.05) is 19.0 Å². The molecule has 1 fully saturated rings. The van der Waals surface area contributed by atoms with Gasteiger partial charge in [0.2, 0.25) is 5.95 Å². The van der Waals surface area contributed by atoms with Crippen molar-refractivity contribution in [2.75, 3.05) is 17.8 Å². The molecule has 24 heavy (non-hydrogen) atoms. The smallest absolute Gasteiger partial charge is 0.451 e. The van der Waals surface area contributed by atoms with Crippen LogP contribution in [0.15, 0.2) is 6.33 Å². The molecule has 0 spiro atoms. The summed E-state index contributed by atoms with van der Waals surface area (Å²) < 4.78 is 27.8. The quantitative estimate of drug-likeness (QED) is 0.269. The van der Waals surface area contributed by atoms with Gasteiger partial charge in [0.15, 0.2) is 0 Å². The topological polar surface area (TPSA) is 195 Å². The summed E-state index contributed by atoms with van der Waals surface area (Å²) in [5.41, 5.74) is 4.18. The molecule has 12 nitrogen and oxygen atoms in total. The number of carboxylic acids is 1. The van der Waals surface area contributed by atoms with E-state index >= 15 is 0 Å². The number of rotatable bonds is 8. The van der Waals surface area contributed by atoms with Crippen LogP contribution in [0.5, 0.6) is 0 Å². The van der Waals surface area contributed by atoms with Crippen molar-refractivity contribution in [1.29, 1.82) is 0 Å². The Hall–Kier alpha value is -1.74. The van der Waals surface area contributed by atoms with Crippen molar-refractivity contribution in [3.05, 3.63) is 6.33 Å². The Kier molecular flexibility index (Phi) is 5.44. The lowest BCUT2D eigenvalue weighted by Crippen LogP contribution is -2.55. The number of carbonyl (C=O) groups is 1. The zero-order valence-electron chi connectivity index (χ0n) is 12.7. The number of H-pyrrole nitrogens is 1. The van der Waals surface area contributed by atoms with Crippen LogP contribution in [-0.2, 0) is 15.0 Å². The molecule has 2 atom stereocenters. The number of aromatic amines is 1. The van der Waals surface area contributed by atoms with Gasteiger partial charge in [-0.1, -0.05) is 6.42 Å². The fourth-order valence-electron chi connectivity index (χ4n) is 2.66. The molecule has 1 aromatic rings. The maximum atomic E-state index is 12.3. The van der Waals surface area contributed by atoms with Crippen molar-refractivity contribution in [2.45, 2.75) is 24.7 Å². The zero-order valence-corrected chi connectivity index (χ0v) is 13.5. The molecule has 134 valence electrons. The number of nitrogens with two attached hydrogens (primary N) is 1. The number of hydrogen-bond acceptors (Lipinski definition) is 8. The third kappa shape index (κ3) is 4.02. The van der Waals surface area contributed by atoms with Crippen LogP contribution in [0.4, 0.5) is 5.95 Å². The Morgan fingerprint density at radius 1 is 1.58 bits per heavy atom. The minimum absolute atomic E-state index is 0.0509. The molecular weight excluding hydrogens is 343 g/mol. The first kappa shape index (κ1) is 18.6. The van der Waals surface area contributed by atoms with Crippen LogP contribution in [0.3, 0.4) is 0 Å². The molecule has 1 saturated heterocycles. The van der Waals surface area contributed by atoms with Crippen molar-refractivity contribution >= 4 is 29.2 Å². The normalized spacial score (nSPS) is 24.9. The van der Waals surface area contributed by atoms with Crippen LogP contribution in [0.1, 0.15) is 12.8 Å². The van der Waals surface area contributed by atoms with Crippen molar-refractivity contribution in [3.63, 3.8) is 0 Å². The highest BCUT2D eigenvalue weighted by Gasteiger charge is 2.52. The van der Waals surface area contributed by atoms with E-state index < -0.39 is 41.3 Å². The minimum atomic E-state index is -4.05. The molecule has 0 unspecified atom stereocenters. The van der Waals surface area contributed by atoms with E-state index in [0.29, 0.717) is 6.42 Å². The van der Waals surface area contributed by atoms with E-state index in [-0.39, 0.29) is 25.2 Å². The van der Waals surface area contributed by atoms with Crippen LogP contribution in [-0.4, -0.2) is 74.8 Å². The van der Waals surface area contributed by atoms with Crippen LogP contribution in [0, 0.1) is 5.92 Å². The summed E-state index contributed by atoms with van der Waals surface area (Å²) in [7, 11) is -5.56. The summed E-state index contributed by atoms with van der Waals surface area (Å²) in [4.78, 5) is 15.2. The second kappa shape index (κ2) is 7.02. The Morgan fingerprint density at radius 2 is 2.29 bits per heavy atom. The molecule has 0 bridgehead atoms. The fourth-order valence-corrected chi connectivity index (χ4v) is 3.89. The molecule has 1 aromatic heterocycles. The molecule has 7 N–H and O–H groups in total. The van der Waals surface area contributed by atoms with Crippen LogP contribution >= 0.6 is 0 Å². The summed E-state index contributed by atoms with van der Waals surface area (Å²) >= 11 is 0. The summed E-state index contributed by atoms with van der Waals surface area (Å²) in [6.07, 6.45) is 1.72. The van der Waals surface area contributed by atoms with Gasteiger partial charge in [0.1, 0.15) is 11.9 Å². The van der Waals surface area contributed by atoms with Gasteiger partial charge in [-0.25, -0.2) is 9.82 Å². The Bertz CT molecular complexity index is 669. The van der Waals surface area contributed by atoms with Crippen molar-refractivity contribution in [3.8, 4) is 0 Å². The molecule has 0 saturated carbocycles. The lowest BCUT2D eigenvalue weighted by molar-refractivity contribution is -0.144. The minimum Gasteiger partial charge on any atom is -0.480 e. The summed E-state index contributed by atoms with van der Waals surface area (Å²) in [6, 6.07) is 0. The highest BCUT2D eigenvalue weighted by atomic mass is 32.2. The number of nitrogens with zero attached hydrogens (tertiary/aromatic N) is 3. The summed E-state index contributed by atoms with van der Waals surface area (Å²) in [5, 5.41) is 33.0. The van der Waals surface area contributed by atoms with Gasteiger partial charge < -0.3 is 20.9 Å². The molecule has 1 aliphatic heterocycles. The summed E-state index contributed by atoms with van der Waals surface area (Å²) in [5.74, 6) is -2.07. The zero-order chi connectivity index (χ0) is 18.0. The first-order chi connectivity index (χ1) is 11.1. The maximum absolute atomic E-state index is 12.3. The van der Waals surface area contributed by atoms with Crippen LogP contribution in [0.2, 0.25) is 6.32 Å². The molecule has 1 aliphatic rings. The number of nitrogens with one attached hydrogen (secondary N) is 2. The van der Waals surface area contributed by atoms with Gasteiger partial charge in [-0.2, -0.15) is 22.8 Å². The largest absolute Gasteiger partial charge is 0.480 e. The number of aliphatic carboxylic acids is 1. The van der Waals surface area contributed by atoms with E-state index in [9.17, 15) is 18.3 Å². The molecule has 0 aromatic carbocycles. The molecule has 14 heteroatoms. The Morgan fingerprint density at radius 3 is 2.83 bits per heavy atom. The first-order valence-electron chi connectivity index (χ1n) is 7.17. The van der Waals surface area contributed by atoms with Gasteiger partial charge >= 0.3 is 23.3 Å². The fraction of sp³-hybridized carbons (Fsp3) is 0.700. The average molecular weight is 362 g/mol. The molecule has 0 aliphatic carbocycles. The SMILES string of the molecule is N[C@@]1(C(=O)O)CN(S(=O)(=O)Nc2ncn[nH]2)C[C@@H]1CCCB(O)O. The molecule has 2 heterocycles. The third-order valence-electron chi connectivity index (χ3n) is 3.98. The van der Waals surface area contributed by atoms with Gasteiger partial charge in [-0.15, -0.1) is 0 Å². The van der Waals surface area contributed by atoms with Crippen LogP contribution < -0.4 is 10.5 Å². The van der Waals surface area contributed by atoms with Crippen LogP contribution in [0.25, 0.3) is 0 Å². The van der Waals surface area contributed by atoms with Crippen molar-refractivity contribution < 1.29 is 28.4 Å². The number of anilines is 1. The molecule has 2 rings (SSSR count). The van der Waals surface area contributed by atoms with Gasteiger partial charge in [0.05, 0.1) is 0 Å². The second-order valence-electron chi connectivity index (χ2n) is 5.69. The molecular formula is C10H19BN6O6S. The van der Waals surface area contributed by atoms with Gasteiger partial charge in [-0.05, 0) is 12.7 Å². The monoisotopic (exact) mass is 362 g/mol. The number of aromatic nitrogens is 3. The lowest BCUT2D eigenvalue weighted by Gasteiger charge is -2.25. The van der Waals surface area contributed by atoms with Crippen molar-refractivity contribution in [1.82, 2.24) is 19.5 Å². The molecule has 0 radical (unpaired) electrons. The number of hydrogen-bond donors (Lipinski definition) is 6. The van der Waals surface area contributed by atoms with E-state index in [1.54, 1.807) is 0 Å². The second-order valence-corrected chi connectivity index (χ2v) is 7.36. The standard InChI is InChI=1S/C10H19BN6O6S/c12-10(8(18)19)5-17(4-7(10)2-1-3-11(20)21)24(22,23)16-9-13-6-14-15-9/h6-7,20-21H,1-5,12H2,(H,18,19)(H2,13,14,15,16)/t7-,10-/m0/s1. The maximum Gasteiger partial charge on any atom is 0.451 e. The number of carboxylic acid groups (broad SMARTS) is 1. The van der Waals surface area contributed by atoms with E-state index in [0.717, 1.165) is 10.6 Å². The van der Waals surface area contributed by atoms with Gasteiger partial charge in [-0.3, -0.25) is 4.79 Å². The van der Waals surface area contributed by atoms with Gasteiger partial charge in [0.25, 0.3) is 0 Å². The highest BCUT2D eigenvalue weighted by Crippen LogP contribution is 2.32.